The van der Waals surface area contributed by atoms with E-state index in [1.807, 2.05) is 23.6 Å². The molecule has 146 valence electrons. The van der Waals surface area contributed by atoms with Crippen molar-refractivity contribution in [2.45, 2.75) is 39.0 Å². The maximum Gasteiger partial charge on any atom is 0.279 e. The predicted octanol–water partition coefficient (Wildman–Crippen LogP) is 3.38. The van der Waals surface area contributed by atoms with Gasteiger partial charge in [0.25, 0.3) is 5.91 Å². The highest BCUT2D eigenvalue weighted by Gasteiger charge is 2.21. The fourth-order valence-corrected chi connectivity index (χ4v) is 4.90. The fourth-order valence-electron chi connectivity index (χ4n) is 3.15. The first-order valence-electron chi connectivity index (χ1n) is 9.15. The third-order valence-electron chi connectivity index (χ3n) is 4.64. The SMILES string of the molecule is CC1CCc2sc(C(=O)NNC(=O)CCc3nc(-c4cccs4)no3)cc2C1. The van der Waals surface area contributed by atoms with E-state index < -0.39 is 0 Å². The van der Waals surface area contributed by atoms with E-state index >= 15 is 0 Å². The summed E-state index contributed by atoms with van der Waals surface area (Å²) in [7, 11) is 0. The van der Waals surface area contributed by atoms with Crippen molar-refractivity contribution in [1.82, 2.24) is 21.0 Å². The molecule has 3 aromatic rings. The summed E-state index contributed by atoms with van der Waals surface area (Å²) in [5.74, 6) is 0.986. The first-order valence-corrected chi connectivity index (χ1v) is 10.9. The Morgan fingerprint density at radius 3 is 3.07 bits per heavy atom. The van der Waals surface area contributed by atoms with Gasteiger partial charge < -0.3 is 4.52 Å². The topological polar surface area (TPSA) is 97.1 Å². The second-order valence-electron chi connectivity index (χ2n) is 6.90. The molecular formula is C19H20N4O3S2. The van der Waals surface area contributed by atoms with E-state index in [1.165, 1.54) is 33.1 Å². The summed E-state index contributed by atoms with van der Waals surface area (Å²) >= 11 is 3.04. The molecule has 0 spiro atoms. The van der Waals surface area contributed by atoms with Crippen LogP contribution in [0.4, 0.5) is 0 Å². The van der Waals surface area contributed by atoms with Crippen molar-refractivity contribution >= 4 is 34.5 Å². The zero-order valence-corrected chi connectivity index (χ0v) is 17.0. The van der Waals surface area contributed by atoms with E-state index in [4.69, 9.17) is 4.52 Å². The van der Waals surface area contributed by atoms with Crippen LogP contribution in [0.1, 0.15) is 45.8 Å². The van der Waals surface area contributed by atoms with Crippen molar-refractivity contribution in [3.8, 4) is 10.7 Å². The first-order chi connectivity index (χ1) is 13.6. The van der Waals surface area contributed by atoms with Gasteiger partial charge in [0.05, 0.1) is 9.75 Å². The maximum absolute atomic E-state index is 12.3. The molecule has 0 aromatic carbocycles. The Morgan fingerprint density at radius 2 is 2.25 bits per heavy atom. The average Bonchev–Trinajstić information content (AvgIpc) is 3.43. The van der Waals surface area contributed by atoms with Crippen LogP contribution in [0.3, 0.4) is 0 Å². The normalized spacial score (nSPS) is 15.8. The van der Waals surface area contributed by atoms with Gasteiger partial charge in [-0.1, -0.05) is 18.1 Å². The number of hydrogen-bond acceptors (Lipinski definition) is 7. The second-order valence-corrected chi connectivity index (χ2v) is 8.98. The molecule has 1 aliphatic carbocycles. The molecule has 0 bridgehead atoms. The summed E-state index contributed by atoms with van der Waals surface area (Å²) in [6.45, 7) is 2.23. The summed E-state index contributed by atoms with van der Waals surface area (Å²) in [6, 6.07) is 5.77. The fraction of sp³-hybridized carbons (Fsp3) is 0.368. The molecule has 0 saturated heterocycles. The minimum Gasteiger partial charge on any atom is -0.339 e. The Morgan fingerprint density at radius 1 is 1.36 bits per heavy atom. The van der Waals surface area contributed by atoms with Gasteiger partial charge in [-0.15, -0.1) is 22.7 Å². The zero-order valence-electron chi connectivity index (χ0n) is 15.4. The molecule has 1 atom stereocenters. The van der Waals surface area contributed by atoms with Crippen molar-refractivity contribution in [2.75, 3.05) is 0 Å². The molecule has 7 nitrogen and oxygen atoms in total. The van der Waals surface area contributed by atoms with E-state index in [2.05, 4.69) is 27.9 Å². The molecule has 0 aliphatic heterocycles. The summed E-state index contributed by atoms with van der Waals surface area (Å²) in [5.41, 5.74) is 6.21. The Bertz CT molecular complexity index is 977. The van der Waals surface area contributed by atoms with Crippen molar-refractivity contribution in [3.05, 3.63) is 44.8 Å². The Kier molecular flexibility index (Phi) is 5.54. The van der Waals surface area contributed by atoms with Gasteiger partial charge >= 0.3 is 0 Å². The summed E-state index contributed by atoms with van der Waals surface area (Å²) < 4.78 is 5.17. The Hall–Kier alpha value is -2.52. The molecule has 3 heterocycles. The number of carbonyl (C=O) groups is 2. The molecule has 0 fully saturated rings. The number of nitrogens with zero attached hydrogens (tertiary/aromatic N) is 2. The highest BCUT2D eigenvalue weighted by Crippen LogP contribution is 2.32. The minimum absolute atomic E-state index is 0.144. The number of thiophene rings is 2. The molecule has 4 rings (SSSR count). The lowest BCUT2D eigenvalue weighted by molar-refractivity contribution is -0.121. The van der Waals surface area contributed by atoms with E-state index in [0.717, 1.165) is 24.1 Å². The van der Waals surface area contributed by atoms with E-state index in [-0.39, 0.29) is 18.2 Å². The third kappa shape index (κ3) is 4.31. The highest BCUT2D eigenvalue weighted by atomic mass is 32.1. The van der Waals surface area contributed by atoms with Crippen LogP contribution in [-0.4, -0.2) is 22.0 Å². The van der Waals surface area contributed by atoms with Crippen molar-refractivity contribution in [2.24, 2.45) is 5.92 Å². The molecule has 2 amide bonds. The predicted molar refractivity (Wildman–Crippen MR) is 107 cm³/mol. The van der Waals surface area contributed by atoms with Gasteiger partial charge in [-0.2, -0.15) is 4.98 Å². The van der Waals surface area contributed by atoms with Gasteiger partial charge in [-0.3, -0.25) is 20.4 Å². The van der Waals surface area contributed by atoms with E-state index in [9.17, 15) is 9.59 Å². The van der Waals surface area contributed by atoms with Gasteiger partial charge in [-0.25, -0.2) is 0 Å². The highest BCUT2D eigenvalue weighted by molar-refractivity contribution is 7.14. The number of amides is 2. The van der Waals surface area contributed by atoms with E-state index in [1.54, 1.807) is 0 Å². The monoisotopic (exact) mass is 416 g/mol. The third-order valence-corrected chi connectivity index (χ3v) is 6.75. The smallest absolute Gasteiger partial charge is 0.279 e. The lowest BCUT2D eigenvalue weighted by atomic mass is 9.90. The molecule has 0 saturated carbocycles. The van der Waals surface area contributed by atoms with Gasteiger partial charge in [0, 0.05) is 17.7 Å². The van der Waals surface area contributed by atoms with Gasteiger partial charge in [0.15, 0.2) is 0 Å². The number of hydrogen-bond donors (Lipinski definition) is 2. The minimum atomic E-state index is -0.306. The number of hydrazine groups is 1. The number of aryl methyl sites for hydroxylation is 2. The van der Waals surface area contributed by atoms with Crippen LogP contribution in [0.15, 0.2) is 28.1 Å². The molecule has 0 radical (unpaired) electrons. The Labute approximate surface area is 170 Å². The standard InChI is InChI=1S/C19H20N4O3S2/c1-11-4-5-13-12(9-11)10-15(28-13)19(25)22-21-16(24)6-7-17-20-18(23-26-17)14-3-2-8-27-14/h2-3,8,10-11H,4-7,9H2,1H3,(H,21,24)(H,22,25). The molecular weight excluding hydrogens is 396 g/mol. The number of nitrogens with one attached hydrogen (secondary N) is 2. The Balaban J connectivity index is 1.25. The quantitative estimate of drug-likeness (QED) is 0.622. The zero-order chi connectivity index (χ0) is 19.5. The van der Waals surface area contributed by atoms with Gasteiger partial charge in [0.1, 0.15) is 0 Å². The van der Waals surface area contributed by atoms with Crippen LogP contribution in [0.5, 0.6) is 0 Å². The number of fused-ring (bicyclic) bond motifs is 1. The maximum atomic E-state index is 12.3. The van der Waals surface area contributed by atoms with Crippen LogP contribution in [0, 0.1) is 5.92 Å². The van der Waals surface area contributed by atoms with Crippen LogP contribution in [-0.2, 0) is 24.1 Å². The molecule has 2 N–H and O–H groups in total. The van der Waals surface area contributed by atoms with Crippen LogP contribution in [0.25, 0.3) is 10.7 Å². The van der Waals surface area contributed by atoms with E-state index in [0.29, 0.717) is 28.9 Å². The molecule has 3 aromatic heterocycles. The van der Waals surface area contributed by atoms with Crippen LogP contribution >= 0.6 is 22.7 Å². The van der Waals surface area contributed by atoms with Crippen LogP contribution < -0.4 is 10.9 Å². The summed E-state index contributed by atoms with van der Waals surface area (Å²) in [4.78, 5) is 31.4. The lowest BCUT2D eigenvalue weighted by Crippen LogP contribution is -2.41. The van der Waals surface area contributed by atoms with Crippen LogP contribution in [0.2, 0.25) is 0 Å². The second kappa shape index (κ2) is 8.24. The number of rotatable bonds is 5. The average molecular weight is 417 g/mol. The molecule has 1 aliphatic rings. The van der Waals surface area contributed by atoms with Gasteiger partial charge in [-0.05, 0) is 48.3 Å². The number of aromatic nitrogens is 2. The van der Waals surface area contributed by atoms with Crippen molar-refractivity contribution in [1.29, 1.82) is 0 Å². The number of carbonyl (C=O) groups excluding carboxylic acids is 2. The molecule has 28 heavy (non-hydrogen) atoms. The largest absolute Gasteiger partial charge is 0.339 e. The van der Waals surface area contributed by atoms with Gasteiger partial charge in [0.2, 0.25) is 17.6 Å². The van der Waals surface area contributed by atoms with Crippen molar-refractivity contribution < 1.29 is 14.1 Å². The molecule has 9 heteroatoms. The van der Waals surface area contributed by atoms with Crippen molar-refractivity contribution in [3.63, 3.8) is 0 Å². The first kappa shape index (κ1) is 18.8. The summed E-state index contributed by atoms with van der Waals surface area (Å²) in [6.07, 6.45) is 3.66. The summed E-state index contributed by atoms with van der Waals surface area (Å²) in [5, 5.41) is 5.85. The molecule has 1 unspecified atom stereocenters. The lowest BCUT2D eigenvalue weighted by Gasteiger charge is -2.16.